The normalized spacial score (nSPS) is 15.2. The lowest BCUT2D eigenvalue weighted by atomic mass is 10.1. The quantitative estimate of drug-likeness (QED) is 0.419. The lowest BCUT2D eigenvalue weighted by Gasteiger charge is -2.36. The van der Waals surface area contributed by atoms with Gasteiger partial charge < -0.3 is 4.90 Å². The largest absolute Gasteiger partial charge is 0.369 e. The van der Waals surface area contributed by atoms with E-state index in [1.807, 2.05) is 11.3 Å². The van der Waals surface area contributed by atoms with Crippen molar-refractivity contribution < 1.29 is 0 Å². The number of benzene rings is 2. The summed E-state index contributed by atoms with van der Waals surface area (Å²) >= 11 is 1.91. The molecule has 2 aliphatic heterocycles. The number of nitrogens with zero attached hydrogens (tertiary/aromatic N) is 4. The van der Waals surface area contributed by atoms with Crippen LogP contribution in [0.5, 0.6) is 0 Å². The Balaban J connectivity index is 1.76. The van der Waals surface area contributed by atoms with Gasteiger partial charge in [-0.3, -0.25) is 4.90 Å². The monoisotopic (exact) mass is 437 g/mol. The molecule has 5 heteroatoms. The van der Waals surface area contributed by atoms with E-state index in [1.54, 1.807) is 0 Å². The third kappa shape index (κ3) is 4.63. The van der Waals surface area contributed by atoms with E-state index in [9.17, 15) is 0 Å². The molecule has 31 heavy (non-hydrogen) atoms. The lowest BCUT2D eigenvalue weighted by Crippen LogP contribution is -2.46. The van der Waals surface area contributed by atoms with Crippen molar-refractivity contribution in [2.45, 2.75) is 46.5 Å². The van der Waals surface area contributed by atoms with Gasteiger partial charge in [0.25, 0.3) is 0 Å². The molecule has 1 saturated heterocycles. The molecule has 1 aromatic rings. The number of rotatable bonds is 6. The lowest BCUT2D eigenvalue weighted by molar-refractivity contribution is 0.254. The van der Waals surface area contributed by atoms with Crippen molar-refractivity contribution in [3.63, 3.8) is 0 Å². The van der Waals surface area contributed by atoms with E-state index in [2.05, 4.69) is 73.5 Å². The summed E-state index contributed by atoms with van der Waals surface area (Å²) < 4.78 is 3.51. The third-order valence-corrected chi connectivity index (χ3v) is 7.63. The predicted molar refractivity (Wildman–Crippen MR) is 136 cm³/mol. The Labute approximate surface area is 191 Å². The van der Waals surface area contributed by atoms with Crippen molar-refractivity contribution in [1.29, 1.82) is 0 Å². The number of hydrogen-bond donors (Lipinski definition) is 0. The van der Waals surface area contributed by atoms with Gasteiger partial charge >= 0.3 is 0 Å². The molecule has 2 heterocycles. The van der Waals surface area contributed by atoms with Gasteiger partial charge in [-0.1, -0.05) is 27.2 Å². The van der Waals surface area contributed by atoms with E-state index >= 15 is 0 Å². The van der Waals surface area contributed by atoms with Crippen molar-refractivity contribution in [3.05, 3.63) is 40.7 Å². The van der Waals surface area contributed by atoms with E-state index in [1.165, 1.54) is 75.4 Å². The number of aryl methyl sites for hydroxylation is 2. The minimum Gasteiger partial charge on any atom is -0.369 e. The summed E-state index contributed by atoms with van der Waals surface area (Å²) in [6.07, 6.45) is 4.61. The molecule has 3 aliphatic rings. The number of unbranched alkanes of at least 4 members (excludes halogenated alkanes) is 1. The van der Waals surface area contributed by atoms with Crippen LogP contribution < -0.4 is 14.8 Å². The second-order valence-corrected chi connectivity index (χ2v) is 9.98. The first-order chi connectivity index (χ1) is 15.0. The fourth-order valence-electron chi connectivity index (χ4n) is 4.53. The van der Waals surface area contributed by atoms with Gasteiger partial charge in [0.05, 0.1) is 20.8 Å². The maximum absolute atomic E-state index is 5.22. The van der Waals surface area contributed by atoms with E-state index in [0.29, 0.717) is 0 Å². The van der Waals surface area contributed by atoms with E-state index in [4.69, 9.17) is 4.98 Å². The maximum Gasteiger partial charge on any atom is 0.201 e. The van der Waals surface area contributed by atoms with Crippen LogP contribution in [0.1, 0.15) is 44.7 Å². The van der Waals surface area contributed by atoms with Gasteiger partial charge in [0.15, 0.2) is 0 Å². The highest BCUT2D eigenvalue weighted by molar-refractivity contribution is 7.21. The summed E-state index contributed by atoms with van der Waals surface area (Å²) in [5.41, 5.74) is 6.46. The second kappa shape index (κ2) is 9.66. The minimum absolute atomic E-state index is 1.01. The Hall–Kier alpha value is -1.98. The molecule has 0 radical (unpaired) electrons. The van der Waals surface area contributed by atoms with Gasteiger partial charge in [-0.25, -0.2) is 9.56 Å². The van der Waals surface area contributed by atoms with Crippen LogP contribution in [0.4, 0.5) is 5.69 Å². The summed E-state index contributed by atoms with van der Waals surface area (Å²) in [4.78, 5) is 11.7. The fraction of sp³-hybridized carbons (Fsp3) is 0.538. The van der Waals surface area contributed by atoms with Crippen LogP contribution in [0.3, 0.4) is 0 Å². The van der Waals surface area contributed by atoms with Crippen molar-refractivity contribution in [2.75, 3.05) is 51.7 Å². The second-order valence-electron chi connectivity index (χ2n) is 8.90. The standard InChI is InChI=1S/C26H37N4S/c1-6-9-10-29-11-13-30(14-12-29)22-16-20(8-3)26-24(18-22)31-23-17-21(28(4)5)15-19(7-2)25(23)27-26/h15-18H,6-14H2,1-5H3/q+1. The van der Waals surface area contributed by atoms with Crippen LogP contribution in [0, 0.1) is 0 Å². The van der Waals surface area contributed by atoms with Crippen LogP contribution in [-0.2, 0) is 12.8 Å². The smallest absolute Gasteiger partial charge is 0.201 e. The van der Waals surface area contributed by atoms with Crippen LogP contribution in [0.15, 0.2) is 24.3 Å². The molecule has 1 aliphatic carbocycles. The van der Waals surface area contributed by atoms with E-state index in [-0.39, 0.29) is 0 Å². The maximum atomic E-state index is 5.22. The van der Waals surface area contributed by atoms with Crippen molar-refractivity contribution in [1.82, 2.24) is 14.5 Å². The highest BCUT2D eigenvalue weighted by Crippen LogP contribution is 2.36. The molecule has 166 valence electrons. The summed E-state index contributed by atoms with van der Waals surface area (Å²) in [7, 11) is 4.24. The summed E-state index contributed by atoms with van der Waals surface area (Å²) in [6.45, 7) is 12.6. The van der Waals surface area contributed by atoms with Crippen LogP contribution in [0.25, 0.3) is 20.8 Å². The molecular weight excluding hydrogens is 400 g/mol. The number of hydrogen-bond acceptors (Lipinski definition) is 4. The average Bonchev–Trinajstić information content (AvgIpc) is 2.80. The van der Waals surface area contributed by atoms with Crippen molar-refractivity contribution in [3.8, 4) is 10.6 Å². The molecule has 4 nitrogen and oxygen atoms in total. The number of fused-ring (bicyclic) bond motifs is 2. The van der Waals surface area contributed by atoms with E-state index in [0.717, 1.165) is 25.9 Å². The average molecular weight is 438 g/mol. The molecule has 0 saturated carbocycles. The highest BCUT2D eigenvalue weighted by Gasteiger charge is 2.20. The van der Waals surface area contributed by atoms with Crippen LogP contribution >= 0.6 is 11.3 Å². The zero-order chi connectivity index (χ0) is 22.0. The molecule has 1 fully saturated rings. The number of anilines is 1. The Bertz CT molecular complexity index is 1090. The highest BCUT2D eigenvalue weighted by atomic mass is 32.1. The number of piperazine rings is 1. The molecule has 0 aromatic heterocycles. The van der Waals surface area contributed by atoms with Crippen molar-refractivity contribution >= 4 is 27.2 Å². The SMILES string of the molecule is CCCCN1CCN(c2cc(CC)c3nc4c(CC)cc(=[N+](C)C)cc-4sc3c2)CC1. The Kier molecular flexibility index (Phi) is 6.92. The molecule has 0 spiro atoms. The van der Waals surface area contributed by atoms with Crippen LogP contribution in [-0.4, -0.2) is 56.7 Å². The first-order valence-corrected chi connectivity index (χ1v) is 12.7. The number of aromatic nitrogens is 1. The minimum atomic E-state index is 1.01. The summed E-state index contributed by atoms with van der Waals surface area (Å²) in [5.74, 6) is 0. The van der Waals surface area contributed by atoms with Gasteiger partial charge in [0.1, 0.15) is 14.1 Å². The Morgan fingerprint density at radius 1 is 0.935 bits per heavy atom. The van der Waals surface area contributed by atoms with Gasteiger partial charge in [-0.05, 0) is 49.1 Å². The fourth-order valence-corrected chi connectivity index (χ4v) is 5.67. The zero-order valence-electron chi connectivity index (χ0n) is 19.9. The zero-order valence-corrected chi connectivity index (χ0v) is 20.7. The van der Waals surface area contributed by atoms with E-state index < -0.39 is 0 Å². The topological polar surface area (TPSA) is 22.4 Å². The van der Waals surface area contributed by atoms with Gasteiger partial charge in [-0.2, -0.15) is 0 Å². The molecule has 0 N–H and O–H groups in total. The first-order valence-electron chi connectivity index (χ1n) is 11.9. The van der Waals surface area contributed by atoms with Crippen molar-refractivity contribution in [2.24, 2.45) is 0 Å². The molecular formula is C26H37N4S+. The third-order valence-electron chi connectivity index (χ3n) is 6.56. The van der Waals surface area contributed by atoms with Gasteiger partial charge in [0.2, 0.25) is 5.36 Å². The Morgan fingerprint density at radius 3 is 2.32 bits per heavy atom. The molecule has 0 amide bonds. The van der Waals surface area contributed by atoms with Crippen LogP contribution in [0.2, 0.25) is 0 Å². The van der Waals surface area contributed by atoms with Gasteiger partial charge in [0, 0.05) is 44.0 Å². The first kappa shape index (κ1) is 22.2. The summed E-state index contributed by atoms with van der Waals surface area (Å²) in [6, 6.07) is 9.39. The predicted octanol–water partition coefficient (Wildman–Crippen LogP) is 4.48. The molecule has 0 bridgehead atoms. The molecule has 4 rings (SSSR count). The van der Waals surface area contributed by atoms with Gasteiger partial charge in [-0.15, -0.1) is 11.3 Å². The Morgan fingerprint density at radius 2 is 1.68 bits per heavy atom. The molecule has 0 unspecified atom stereocenters. The molecule has 1 aromatic carbocycles. The molecule has 0 atom stereocenters. The summed E-state index contributed by atoms with van der Waals surface area (Å²) in [5, 5.41) is 1.26.